The van der Waals surface area contributed by atoms with Gasteiger partial charge < -0.3 is 19.7 Å². The first-order valence-electron chi connectivity index (χ1n) is 11.1. The highest BCUT2D eigenvalue weighted by molar-refractivity contribution is 9.10. The smallest absolute Gasteiger partial charge is 0.416 e. The molecule has 1 aliphatic heterocycles. The summed E-state index contributed by atoms with van der Waals surface area (Å²) in [7, 11) is 1.55. The van der Waals surface area contributed by atoms with Crippen molar-refractivity contribution < 1.29 is 32.2 Å². The van der Waals surface area contributed by atoms with Crippen LogP contribution in [0.15, 0.2) is 46.9 Å². The van der Waals surface area contributed by atoms with Crippen LogP contribution < -0.4 is 10.1 Å². The molecule has 35 heavy (non-hydrogen) atoms. The third-order valence-corrected chi connectivity index (χ3v) is 6.07. The highest BCUT2D eigenvalue weighted by atomic mass is 79.9. The molecule has 10 heteroatoms. The first-order valence-corrected chi connectivity index (χ1v) is 11.9. The van der Waals surface area contributed by atoms with E-state index in [1.807, 2.05) is 12.1 Å². The zero-order valence-electron chi connectivity index (χ0n) is 19.9. The van der Waals surface area contributed by atoms with E-state index in [9.17, 15) is 22.8 Å². The molecule has 2 aromatic rings. The van der Waals surface area contributed by atoms with Gasteiger partial charge in [-0.3, -0.25) is 4.79 Å². The number of nitrogens with one attached hydrogen (secondary N) is 1. The number of amides is 2. The van der Waals surface area contributed by atoms with Gasteiger partial charge in [0.05, 0.1) is 12.7 Å². The third kappa shape index (κ3) is 7.13. The zero-order chi connectivity index (χ0) is 26.0. The van der Waals surface area contributed by atoms with E-state index < -0.39 is 35.4 Å². The maximum atomic E-state index is 13.2. The summed E-state index contributed by atoms with van der Waals surface area (Å²) in [5.74, 6) is -0.269. The number of methoxy groups -OCH3 is 1. The fourth-order valence-electron chi connectivity index (χ4n) is 3.94. The van der Waals surface area contributed by atoms with Gasteiger partial charge in [-0.25, -0.2) is 4.79 Å². The minimum atomic E-state index is -4.58. The van der Waals surface area contributed by atoms with Gasteiger partial charge in [0.1, 0.15) is 11.4 Å². The van der Waals surface area contributed by atoms with E-state index in [2.05, 4.69) is 21.2 Å². The number of hydrogen-bond donors (Lipinski definition) is 1. The number of piperidine rings is 1. The highest BCUT2D eigenvalue weighted by Crippen LogP contribution is 2.33. The second-order valence-electron chi connectivity index (χ2n) is 9.40. The molecule has 1 saturated heterocycles. The Morgan fingerprint density at radius 2 is 1.74 bits per heavy atom. The van der Waals surface area contributed by atoms with Crippen LogP contribution in [-0.4, -0.2) is 48.7 Å². The van der Waals surface area contributed by atoms with Gasteiger partial charge in [0, 0.05) is 35.1 Å². The normalized spacial score (nSPS) is 18.7. The van der Waals surface area contributed by atoms with Gasteiger partial charge in [-0.15, -0.1) is 0 Å². The number of benzene rings is 2. The lowest BCUT2D eigenvalue weighted by Gasteiger charge is -2.39. The number of rotatable bonds is 4. The minimum Gasteiger partial charge on any atom is -0.497 e. The molecule has 6 nitrogen and oxygen atoms in total. The van der Waals surface area contributed by atoms with Gasteiger partial charge in [-0.05, 0) is 63.1 Å². The fraction of sp³-hybridized carbons (Fsp3) is 0.440. The molecule has 1 heterocycles. The van der Waals surface area contributed by atoms with Gasteiger partial charge in [0.2, 0.25) is 0 Å². The molecule has 2 unspecified atom stereocenters. The Morgan fingerprint density at radius 1 is 1.09 bits per heavy atom. The number of halogens is 4. The molecule has 1 aliphatic rings. The first-order chi connectivity index (χ1) is 16.3. The van der Waals surface area contributed by atoms with E-state index in [0.29, 0.717) is 18.7 Å². The van der Waals surface area contributed by atoms with E-state index in [4.69, 9.17) is 9.47 Å². The second-order valence-corrected chi connectivity index (χ2v) is 10.3. The van der Waals surface area contributed by atoms with Crippen LogP contribution in [0.5, 0.6) is 5.75 Å². The lowest BCUT2D eigenvalue weighted by atomic mass is 9.85. The summed E-state index contributed by atoms with van der Waals surface area (Å²) in [5.41, 5.74) is -0.818. The van der Waals surface area contributed by atoms with Crippen LogP contribution in [0.3, 0.4) is 0 Å². The molecule has 2 aromatic carbocycles. The van der Waals surface area contributed by atoms with E-state index in [-0.39, 0.29) is 22.5 Å². The van der Waals surface area contributed by atoms with Crippen LogP contribution in [0.1, 0.15) is 54.6 Å². The summed E-state index contributed by atoms with van der Waals surface area (Å²) in [6.45, 7) is 5.96. The quantitative estimate of drug-likeness (QED) is 0.501. The summed E-state index contributed by atoms with van der Waals surface area (Å²) in [5, 5.41) is 2.89. The summed E-state index contributed by atoms with van der Waals surface area (Å²) < 4.78 is 50.6. The number of likely N-dealkylation sites (tertiary alicyclic amines) is 1. The molecule has 0 aliphatic carbocycles. The Balaban J connectivity index is 1.86. The van der Waals surface area contributed by atoms with E-state index in [0.717, 1.165) is 17.7 Å². The van der Waals surface area contributed by atoms with Crippen molar-refractivity contribution in [1.29, 1.82) is 0 Å². The van der Waals surface area contributed by atoms with Crippen LogP contribution >= 0.6 is 15.9 Å². The molecule has 3 rings (SSSR count). The summed E-state index contributed by atoms with van der Waals surface area (Å²) in [6.07, 6.45) is -4.63. The average molecular weight is 557 g/mol. The molecule has 0 saturated carbocycles. The SMILES string of the molecule is COc1ccc(C2CN(C(=O)OC(C)(C)C)CCC2NC(=O)c2cc(Br)cc(C(F)(F)F)c2)cc1. The number of carbonyl (C=O) groups is 2. The zero-order valence-corrected chi connectivity index (χ0v) is 21.5. The molecule has 0 radical (unpaired) electrons. The number of carbonyl (C=O) groups excluding carboxylic acids is 2. The Kier molecular flexibility index (Phi) is 8.03. The number of hydrogen-bond acceptors (Lipinski definition) is 4. The molecular weight excluding hydrogens is 529 g/mol. The minimum absolute atomic E-state index is 0.102. The predicted octanol–water partition coefficient (Wildman–Crippen LogP) is 6.00. The second kappa shape index (κ2) is 10.5. The van der Waals surface area contributed by atoms with Gasteiger partial charge >= 0.3 is 12.3 Å². The maximum Gasteiger partial charge on any atom is 0.416 e. The standard InChI is InChI=1S/C25H28BrF3N2O4/c1-24(2,3)35-23(33)31-10-9-21(20(14-31)15-5-7-19(34-4)8-6-15)30-22(32)16-11-17(25(27,28)29)13-18(26)12-16/h5-8,11-13,20-21H,9-10,14H2,1-4H3,(H,30,32). The Morgan fingerprint density at radius 3 is 2.31 bits per heavy atom. The van der Waals surface area contributed by atoms with Crippen LogP contribution in [0.2, 0.25) is 0 Å². The van der Waals surface area contributed by atoms with Crippen molar-refractivity contribution in [2.24, 2.45) is 0 Å². The van der Waals surface area contributed by atoms with Crippen molar-refractivity contribution in [3.05, 3.63) is 63.6 Å². The molecule has 0 aromatic heterocycles. The molecule has 0 spiro atoms. The fourth-order valence-corrected chi connectivity index (χ4v) is 4.44. The number of alkyl halides is 3. The van der Waals surface area contributed by atoms with Gasteiger partial charge in [-0.1, -0.05) is 28.1 Å². The van der Waals surface area contributed by atoms with E-state index in [1.165, 1.54) is 6.07 Å². The van der Waals surface area contributed by atoms with Crippen molar-refractivity contribution in [2.45, 2.75) is 50.9 Å². The van der Waals surface area contributed by atoms with Gasteiger partial charge in [0.25, 0.3) is 5.91 Å². The highest BCUT2D eigenvalue weighted by Gasteiger charge is 2.36. The molecular formula is C25H28BrF3N2O4. The monoisotopic (exact) mass is 556 g/mol. The number of ether oxygens (including phenoxy) is 2. The summed E-state index contributed by atoms with van der Waals surface area (Å²) >= 11 is 3.06. The topological polar surface area (TPSA) is 67.9 Å². The molecule has 2 amide bonds. The Bertz CT molecular complexity index is 1070. The van der Waals surface area contributed by atoms with Crippen LogP contribution in [-0.2, 0) is 10.9 Å². The van der Waals surface area contributed by atoms with Crippen molar-refractivity contribution in [2.75, 3.05) is 20.2 Å². The largest absolute Gasteiger partial charge is 0.497 e. The van der Waals surface area contributed by atoms with Crippen molar-refractivity contribution >= 4 is 27.9 Å². The average Bonchev–Trinajstić information content (AvgIpc) is 2.77. The molecule has 190 valence electrons. The van der Waals surface area contributed by atoms with Crippen LogP contribution in [0.25, 0.3) is 0 Å². The lowest BCUT2D eigenvalue weighted by molar-refractivity contribution is -0.137. The van der Waals surface area contributed by atoms with E-state index >= 15 is 0 Å². The summed E-state index contributed by atoms with van der Waals surface area (Å²) in [6, 6.07) is 9.96. The van der Waals surface area contributed by atoms with Crippen molar-refractivity contribution in [3.63, 3.8) is 0 Å². The van der Waals surface area contributed by atoms with Crippen molar-refractivity contribution in [1.82, 2.24) is 10.2 Å². The lowest BCUT2D eigenvalue weighted by Crippen LogP contribution is -2.52. The molecule has 2 atom stereocenters. The van der Waals surface area contributed by atoms with Gasteiger partial charge in [0.15, 0.2) is 0 Å². The Hall–Kier alpha value is -2.75. The number of nitrogens with zero attached hydrogens (tertiary/aromatic N) is 1. The van der Waals surface area contributed by atoms with Gasteiger partial charge in [-0.2, -0.15) is 13.2 Å². The molecule has 0 bridgehead atoms. The van der Waals surface area contributed by atoms with Crippen LogP contribution in [0.4, 0.5) is 18.0 Å². The maximum absolute atomic E-state index is 13.2. The Labute approximate surface area is 210 Å². The first kappa shape index (κ1) is 26.8. The summed E-state index contributed by atoms with van der Waals surface area (Å²) in [4.78, 5) is 27.3. The van der Waals surface area contributed by atoms with Crippen LogP contribution in [0, 0.1) is 0 Å². The van der Waals surface area contributed by atoms with E-state index in [1.54, 1.807) is 44.9 Å². The molecule has 1 N–H and O–H groups in total. The molecule has 1 fully saturated rings. The van der Waals surface area contributed by atoms with Crippen molar-refractivity contribution in [3.8, 4) is 5.75 Å². The third-order valence-electron chi connectivity index (χ3n) is 5.61. The predicted molar refractivity (Wildman–Crippen MR) is 129 cm³/mol.